The Balaban J connectivity index is 2.23. The fourth-order valence-corrected chi connectivity index (χ4v) is 2.57. The number of carbonyl (C=O) groups is 1. The van der Waals surface area contributed by atoms with Gasteiger partial charge in [0.15, 0.2) is 0 Å². The zero-order chi connectivity index (χ0) is 14.9. The van der Waals surface area contributed by atoms with Gasteiger partial charge in [0.1, 0.15) is 5.60 Å². The molecule has 0 spiro atoms. The summed E-state index contributed by atoms with van der Waals surface area (Å²) in [5.41, 5.74) is 1.29. The van der Waals surface area contributed by atoms with Crippen LogP contribution in [0.4, 0.5) is 4.79 Å². The molecule has 1 fully saturated rings. The van der Waals surface area contributed by atoms with E-state index in [1.54, 1.807) is 17.2 Å². The molecule has 5 nitrogen and oxygen atoms in total. The molecule has 1 saturated heterocycles. The maximum absolute atomic E-state index is 12.3. The van der Waals surface area contributed by atoms with Gasteiger partial charge in [-0.2, -0.15) is 0 Å². The van der Waals surface area contributed by atoms with Gasteiger partial charge in [-0.1, -0.05) is 0 Å². The Labute approximate surface area is 118 Å². The van der Waals surface area contributed by atoms with E-state index in [-0.39, 0.29) is 17.7 Å². The lowest BCUT2D eigenvalue weighted by Crippen LogP contribution is -2.36. The van der Waals surface area contributed by atoms with Crippen LogP contribution in [0.1, 0.15) is 50.8 Å². The van der Waals surface area contributed by atoms with Crippen LogP contribution < -0.4 is 5.56 Å². The molecule has 0 aliphatic carbocycles. The second-order valence-corrected chi connectivity index (χ2v) is 6.27. The normalized spacial score (nSPS) is 19.2. The van der Waals surface area contributed by atoms with E-state index in [1.807, 2.05) is 27.7 Å². The minimum atomic E-state index is -0.496. The third kappa shape index (κ3) is 3.21. The molecule has 1 aliphatic rings. The SMILES string of the molecule is Cc1cc(=O)[nH]cc1C1CCCN1C(=O)OC(C)(C)C. The molecule has 0 saturated carbocycles. The van der Waals surface area contributed by atoms with Crippen LogP contribution in [0.5, 0.6) is 0 Å². The van der Waals surface area contributed by atoms with Crippen LogP contribution in [0.25, 0.3) is 0 Å². The quantitative estimate of drug-likeness (QED) is 0.859. The van der Waals surface area contributed by atoms with Crippen molar-refractivity contribution in [3.8, 4) is 0 Å². The molecule has 1 atom stereocenters. The number of pyridine rings is 1. The summed E-state index contributed by atoms with van der Waals surface area (Å²) >= 11 is 0. The van der Waals surface area contributed by atoms with Gasteiger partial charge in [0, 0.05) is 18.8 Å². The Morgan fingerprint density at radius 2 is 2.15 bits per heavy atom. The van der Waals surface area contributed by atoms with Gasteiger partial charge in [0.05, 0.1) is 6.04 Å². The molecule has 1 amide bonds. The molecule has 110 valence electrons. The molecule has 0 bridgehead atoms. The van der Waals surface area contributed by atoms with Crippen LogP contribution in [-0.2, 0) is 4.74 Å². The molecule has 1 N–H and O–H groups in total. The van der Waals surface area contributed by atoms with Gasteiger partial charge >= 0.3 is 6.09 Å². The van der Waals surface area contributed by atoms with Crippen molar-refractivity contribution < 1.29 is 9.53 Å². The zero-order valence-electron chi connectivity index (χ0n) is 12.5. The predicted octanol–water partition coefficient (Wildman–Crippen LogP) is 2.76. The number of amides is 1. The first-order valence-corrected chi connectivity index (χ1v) is 6.97. The summed E-state index contributed by atoms with van der Waals surface area (Å²) in [4.78, 5) is 28.0. The number of carbonyl (C=O) groups excluding carboxylic acids is 1. The van der Waals surface area contributed by atoms with Crippen LogP contribution >= 0.6 is 0 Å². The summed E-state index contributed by atoms with van der Waals surface area (Å²) in [6.07, 6.45) is 3.27. The number of H-pyrrole nitrogens is 1. The van der Waals surface area contributed by atoms with Crippen LogP contribution in [0.2, 0.25) is 0 Å². The maximum Gasteiger partial charge on any atom is 0.410 e. The Hall–Kier alpha value is -1.78. The fourth-order valence-electron chi connectivity index (χ4n) is 2.57. The van der Waals surface area contributed by atoms with E-state index in [0.717, 1.165) is 24.0 Å². The molecule has 2 rings (SSSR count). The number of nitrogens with zero attached hydrogens (tertiary/aromatic N) is 1. The lowest BCUT2D eigenvalue weighted by atomic mass is 10.0. The van der Waals surface area contributed by atoms with E-state index < -0.39 is 5.60 Å². The second-order valence-electron chi connectivity index (χ2n) is 6.27. The zero-order valence-corrected chi connectivity index (χ0v) is 12.5. The first kappa shape index (κ1) is 14.6. The third-order valence-electron chi connectivity index (χ3n) is 3.41. The van der Waals surface area contributed by atoms with E-state index in [1.165, 1.54) is 0 Å². The van der Waals surface area contributed by atoms with Crippen LogP contribution in [0, 0.1) is 6.92 Å². The minimum absolute atomic E-state index is 0.0123. The number of ether oxygens (including phenoxy) is 1. The average molecular weight is 278 g/mol. The summed E-state index contributed by atoms with van der Waals surface area (Å²) in [7, 11) is 0. The Morgan fingerprint density at radius 1 is 1.45 bits per heavy atom. The van der Waals surface area contributed by atoms with Crippen molar-refractivity contribution in [2.45, 2.75) is 52.2 Å². The van der Waals surface area contributed by atoms with E-state index in [0.29, 0.717) is 6.54 Å². The van der Waals surface area contributed by atoms with Crippen molar-refractivity contribution in [1.29, 1.82) is 0 Å². The number of aryl methyl sites for hydroxylation is 1. The topological polar surface area (TPSA) is 62.4 Å². The van der Waals surface area contributed by atoms with Gasteiger partial charge in [-0.05, 0) is 51.7 Å². The smallest absolute Gasteiger partial charge is 0.410 e. The molecule has 0 aromatic carbocycles. The molecular weight excluding hydrogens is 256 g/mol. The lowest BCUT2D eigenvalue weighted by Gasteiger charge is -2.29. The highest BCUT2D eigenvalue weighted by molar-refractivity contribution is 5.69. The number of aromatic amines is 1. The monoisotopic (exact) mass is 278 g/mol. The highest BCUT2D eigenvalue weighted by atomic mass is 16.6. The molecule has 1 aromatic rings. The number of nitrogens with one attached hydrogen (secondary N) is 1. The summed E-state index contributed by atoms with van der Waals surface area (Å²) in [5.74, 6) is 0. The number of likely N-dealkylation sites (tertiary alicyclic amines) is 1. The fraction of sp³-hybridized carbons (Fsp3) is 0.600. The molecule has 1 unspecified atom stereocenters. The molecular formula is C15H22N2O3. The van der Waals surface area contributed by atoms with Crippen molar-refractivity contribution in [1.82, 2.24) is 9.88 Å². The van der Waals surface area contributed by atoms with E-state index in [9.17, 15) is 9.59 Å². The van der Waals surface area contributed by atoms with Crippen molar-refractivity contribution in [2.75, 3.05) is 6.54 Å². The highest BCUT2D eigenvalue weighted by Gasteiger charge is 2.33. The number of aromatic nitrogens is 1. The molecule has 1 aliphatic heterocycles. The molecule has 2 heterocycles. The Kier molecular flexibility index (Phi) is 3.88. The molecule has 5 heteroatoms. The van der Waals surface area contributed by atoms with Gasteiger partial charge in [-0.3, -0.25) is 4.79 Å². The van der Waals surface area contributed by atoms with Crippen LogP contribution in [-0.4, -0.2) is 28.1 Å². The molecule has 0 radical (unpaired) electrons. The first-order chi connectivity index (χ1) is 9.28. The van der Waals surface area contributed by atoms with Crippen molar-refractivity contribution in [2.24, 2.45) is 0 Å². The summed E-state index contributed by atoms with van der Waals surface area (Å²) in [6.45, 7) is 8.18. The molecule has 1 aromatic heterocycles. The van der Waals surface area contributed by atoms with E-state index in [2.05, 4.69) is 4.98 Å². The van der Waals surface area contributed by atoms with Gasteiger partial charge in [0.25, 0.3) is 0 Å². The second kappa shape index (κ2) is 5.31. The first-order valence-electron chi connectivity index (χ1n) is 6.97. The molecule has 20 heavy (non-hydrogen) atoms. The summed E-state index contributed by atoms with van der Waals surface area (Å²) < 4.78 is 5.45. The number of hydrogen-bond acceptors (Lipinski definition) is 3. The summed E-state index contributed by atoms with van der Waals surface area (Å²) in [6, 6.07) is 1.56. The summed E-state index contributed by atoms with van der Waals surface area (Å²) in [5, 5.41) is 0. The standard InChI is InChI=1S/C15H22N2O3/c1-10-8-13(18)16-9-11(10)12-6-5-7-17(12)14(19)20-15(2,3)4/h8-9,12H,5-7H2,1-4H3,(H,16,18). The number of rotatable bonds is 1. The van der Waals surface area contributed by atoms with Crippen LogP contribution in [0.3, 0.4) is 0 Å². The van der Waals surface area contributed by atoms with E-state index in [4.69, 9.17) is 4.74 Å². The van der Waals surface area contributed by atoms with Crippen molar-refractivity contribution in [3.63, 3.8) is 0 Å². The Morgan fingerprint density at radius 3 is 2.75 bits per heavy atom. The van der Waals surface area contributed by atoms with Gasteiger partial charge < -0.3 is 14.6 Å². The maximum atomic E-state index is 12.3. The van der Waals surface area contributed by atoms with Crippen molar-refractivity contribution in [3.05, 3.63) is 33.7 Å². The van der Waals surface area contributed by atoms with Gasteiger partial charge in [-0.15, -0.1) is 0 Å². The largest absolute Gasteiger partial charge is 0.444 e. The minimum Gasteiger partial charge on any atom is -0.444 e. The van der Waals surface area contributed by atoms with Crippen LogP contribution in [0.15, 0.2) is 17.1 Å². The highest BCUT2D eigenvalue weighted by Crippen LogP contribution is 2.33. The van der Waals surface area contributed by atoms with Crippen molar-refractivity contribution >= 4 is 6.09 Å². The predicted molar refractivity (Wildman–Crippen MR) is 76.7 cm³/mol. The number of hydrogen-bond donors (Lipinski definition) is 1. The van der Waals surface area contributed by atoms with Gasteiger partial charge in [0.2, 0.25) is 5.56 Å². The van der Waals surface area contributed by atoms with Gasteiger partial charge in [-0.25, -0.2) is 4.79 Å². The lowest BCUT2D eigenvalue weighted by molar-refractivity contribution is 0.0224. The average Bonchev–Trinajstić information content (AvgIpc) is 2.75. The van der Waals surface area contributed by atoms with E-state index >= 15 is 0 Å². The Bertz CT molecular complexity index is 557. The third-order valence-corrected chi connectivity index (χ3v) is 3.41.